The van der Waals surface area contributed by atoms with Crippen LogP contribution in [0.25, 0.3) is 0 Å². The van der Waals surface area contributed by atoms with Crippen LogP contribution in [0, 0.1) is 18.8 Å². The Hall–Kier alpha value is -3.61. The summed E-state index contributed by atoms with van der Waals surface area (Å²) in [6.07, 6.45) is 0.496. The second kappa shape index (κ2) is 7.56. The zero-order valence-corrected chi connectivity index (χ0v) is 15.2. The van der Waals surface area contributed by atoms with Gasteiger partial charge in [0.05, 0.1) is 17.5 Å². The van der Waals surface area contributed by atoms with E-state index in [-0.39, 0.29) is 23.7 Å². The third kappa shape index (κ3) is 4.03. The molecule has 1 saturated carbocycles. The Morgan fingerprint density at radius 1 is 1.00 bits per heavy atom. The minimum atomic E-state index is -0.377. The summed E-state index contributed by atoms with van der Waals surface area (Å²) in [4.78, 5) is 24.8. The fraction of sp³-hybridized carbons (Fsp3) is 0.190. The van der Waals surface area contributed by atoms with Gasteiger partial charge >= 0.3 is 0 Å². The molecule has 1 aromatic heterocycles. The number of hydrogen-bond acceptors (Lipinski definition) is 5. The van der Waals surface area contributed by atoms with Crippen LogP contribution in [-0.2, 0) is 9.59 Å². The van der Waals surface area contributed by atoms with Crippen LogP contribution < -0.4 is 15.4 Å². The van der Waals surface area contributed by atoms with Crippen molar-refractivity contribution in [2.24, 2.45) is 11.8 Å². The lowest BCUT2D eigenvalue weighted by molar-refractivity contribution is -0.122. The number of aryl methyl sites for hydroxylation is 1. The maximum Gasteiger partial charge on any atom is 0.229 e. The lowest BCUT2D eigenvalue weighted by atomic mass is 10.2. The maximum atomic E-state index is 12.6. The molecule has 1 heterocycles. The number of aromatic nitrogens is 1. The standard InChI is InChI=1S/C21H19N3O4/c1-13-11-19(24-28-13)23-21(26)16-12-15(16)20(25)22-17-9-5-6-10-18(17)27-14-7-3-2-4-8-14/h2-11,15-16H,12H2,1H3,(H,22,25)(H,23,24,26). The third-order valence-corrected chi connectivity index (χ3v) is 4.46. The van der Waals surface area contributed by atoms with Gasteiger partial charge in [0.25, 0.3) is 0 Å². The fourth-order valence-electron chi connectivity index (χ4n) is 2.92. The SMILES string of the molecule is Cc1cc(NC(=O)C2CC2C(=O)Nc2ccccc2Oc2ccccc2)no1. The number of benzene rings is 2. The lowest BCUT2D eigenvalue weighted by Gasteiger charge is -2.12. The number of rotatable bonds is 6. The zero-order chi connectivity index (χ0) is 19.5. The summed E-state index contributed by atoms with van der Waals surface area (Å²) in [5, 5.41) is 9.27. The molecule has 2 atom stereocenters. The molecule has 0 spiro atoms. The van der Waals surface area contributed by atoms with Crippen molar-refractivity contribution in [3.8, 4) is 11.5 Å². The average Bonchev–Trinajstić information content (AvgIpc) is 3.41. The van der Waals surface area contributed by atoms with Gasteiger partial charge in [-0.05, 0) is 37.6 Å². The molecule has 1 fully saturated rings. The van der Waals surface area contributed by atoms with Gasteiger partial charge in [0.15, 0.2) is 11.6 Å². The van der Waals surface area contributed by atoms with Gasteiger partial charge in [-0.3, -0.25) is 9.59 Å². The molecule has 0 radical (unpaired) electrons. The van der Waals surface area contributed by atoms with Crippen molar-refractivity contribution in [1.29, 1.82) is 0 Å². The molecular formula is C21H19N3O4. The molecule has 142 valence electrons. The first-order valence-corrected chi connectivity index (χ1v) is 8.97. The largest absolute Gasteiger partial charge is 0.455 e. The number of amides is 2. The van der Waals surface area contributed by atoms with E-state index < -0.39 is 0 Å². The number of ether oxygens (including phenoxy) is 1. The molecule has 2 N–H and O–H groups in total. The number of hydrogen-bond donors (Lipinski definition) is 2. The van der Waals surface area contributed by atoms with Crippen molar-refractivity contribution in [1.82, 2.24) is 5.16 Å². The molecule has 7 nitrogen and oxygen atoms in total. The predicted molar refractivity (Wildman–Crippen MR) is 103 cm³/mol. The van der Waals surface area contributed by atoms with Gasteiger partial charge in [0.2, 0.25) is 11.8 Å². The smallest absolute Gasteiger partial charge is 0.229 e. The Morgan fingerprint density at radius 3 is 2.39 bits per heavy atom. The summed E-state index contributed by atoms with van der Waals surface area (Å²) in [7, 11) is 0. The van der Waals surface area contributed by atoms with Gasteiger partial charge in [-0.15, -0.1) is 0 Å². The van der Waals surface area contributed by atoms with E-state index in [1.54, 1.807) is 25.1 Å². The summed E-state index contributed by atoms with van der Waals surface area (Å²) in [6.45, 7) is 1.74. The van der Waals surface area contributed by atoms with Crippen LogP contribution >= 0.6 is 0 Å². The predicted octanol–water partition coefficient (Wildman–Crippen LogP) is 3.99. The van der Waals surface area contributed by atoms with Crippen molar-refractivity contribution in [3.05, 3.63) is 66.4 Å². The van der Waals surface area contributed by atoms with Crippen molar-refractivity contribution < 1.29 is 18.8 Å². The molecule has 0 saturated heterocycles. The molecule has 1 aliphatic carbocycles. The van der Waals surface area contributed by atoms with Crippen LogP contribution in [0.4, 0.5) is 11.5 Å². The summed E-state index contributed by atoms with van der Waals surface area (Å²) in [6, 6.07) is 18.2. The first-order chi connectivity index (χ1) is 13.6. The van der Waals surface area contributed by atoms with Gasteiger partial charge in [-0.2, -0.15) is 0 Å². The van der Waals surface area contributed by atoms with E-state index in [0.29, 0.717) is 35.2 Å². The monoisotopic (exact) mass is 377 g/mol. The zero-order valence-electron chi connectivity index (χ0n) is 15.2. The average molecular weight is 377 g/mol. The van der Waals surface area contributed by atoms with E-state index in [1.807, 2.05) is 42.5 Å². The highest BCUT2D eigenvalue weighted by atomic mass is 16.5. The molecule has 2 amide bonds. The van der Waals surface area contributed by atoms with Crippen molar-refractivity contribution in [3.63, 3.8) is 0 Å². The molecular weight excluding hydrogens is 358 g/mol. The highest BCUT2D eigenvalue weighted by Crippen LogP contribution is 2.41. The highest BCUT2D eigenvalue weighted by Gasteiger charge is 2.48. The van der Waals surface area contributed by atoms with Crippen molar-refractivity contribution >= 4 is 23.3 Å². The molecule has 3 aromatic rings. The minimum Gasteiger partial charge on any atom is -0.455 e. The number of anilines is 2. The first kappa shape index (κ1) is 17.8. The van der Waals surface area contributed by atoms with Crippen LogP contribution in [0.5, 0.6) is 11.5 Å². The van der Waals surface area contributed by atoms with Gasteiger partial charge in [-0.25, -0.2) is 0 Å². The molecule has 7 heteroatoms. The minimum absolute atomic E-state index is 0.208. The third-order valence-electron chi connectivity index (χ3n) is 4.46. The van der Waals surface area contributed by atoms with Gasteiger partial charge in [-0.1, -0.05) is 35.5 Å². The van der Waals surface area contributed by atoms with Crippen LogP contribution in [-0.4, -0.2) is 17.0 Å². The van der Waals surface area contributed by atoms with Gasteiger partial charge in [0, 0.05) is 6.07 Å². The van der Waals surface area contributed by atoms with Crippen LogP contribution in [0.2, 0.25) is 0 Å². The number of para-hydroxylation sites is 3. The second-order valence-electron chi connectivity index (χ2n) is 6.66. The molecule has 2 unspecified atom stereocenters. The van der Waals surface area contributed by atoms with E-state index in [0.717, 1.165) is 0 Å². The van der Waals surface area contributed by atoms with Crippen LogP contribution in [0.15, 0.2) is 65.2 Å². The Balaban J connectivity index is 1.37. The van der Waals surface area contributed by atoms with Crippen molar-refractivity contribution in [2.45, 2.75) is 13.3 Å². The summed E-state index contributed by atoms with van der Waals surface area (Å²) >= 11 is 0. The Kier molecular flexibility index (Phi) is 4.80. The second-order valence-corrected chi connectivity index (χ2v) is 6.66. The number of nitrogens with zero attached hydrogens (tertiary/aromatic N) is 1. The quantitative estimate of drug-likeness (QED) is 0.677. The molecule has 4 rings (SSSR count). The van der Waals surface area contributed by atoms with E-state index >= 15 is 0 Å². The number of nitrogens with one attached hydrogen (secondary N) is 2. The van der Waals surface area contributed by atoms with Crippen molar-refractivity contribution in [2.75, 3.05) is 10.6 Å². The van der Waals surface area contributed by atoms with E-state index in [4.69, 9.17) is 9.26 Å². The number of carbonyl (C=O) groups is 2. The van der Waals surface area contributed by atoms with Gasteiger partial charge in [0.1, 0.15) is 11.5 Å². The normalized spacial score (nSPS) is 17.6. The Morgan fingerprint density at radius 2 is 1.68 bits per heavy atom. The Labute approximate surface area is 161 Å². The molecule has 28 heavy (non-hydrogen) atoms. The highest BCUT2D eigenvalue weighted by molar-refractivity contribution is 6.03. The van der Waals surface area contributed by atoms with Crippen LogP contribution in [0.1, 0.15) is 12.2 Å². The molecule has 0 bridgehead atoms. The Bertz CT molecular complexity index is 1000. The van der Waals surface area contributed by atoms with E-state index in [1.165, 1.54) is 0 Å². The van der Waals surface area contributed by atoms with Gasteiger partial charge < -0.3 is 19.9 Å². The topological polar surface area (TPSA) is 93.5 Å². The van der Waals surface area contributed by atoms with E-state index in [9.17, 15) is 9.59 Å². The van der Waals surface area contributed by atoms with Crippen LogP contribution in [0.3, 0.4) is 0 Å². The fourth-order valence-corrected chi connectivity index (χ4v) is 2.92. The maximum absolute atomic E-state index is 12.6. The number of carbonyl (C=O) groups excluding carboxylic acids is 2. The lowest BCUT2D eigenvalue weighted by Crippen LogP contribution is -2.20. The summed E-state index contributed by atoms with van der Waals surface area (Å²) in [5.41, 5.74) is 0.564. The molecule has 1 aliphatic rings. The molecule has 0 aliphatic heterocycles. The summed E-state index contributed by atoms with van der Waals surface area (Å²) < 4.78 is 10.8. The summed E-state index contributed by atoms with van der Waals surface area (Å²) in [5.74, 6) is 0.989. The molecule has 2 aromatic carbocycles. The van der Waals surface area contributed by atoms with E-state index in [2.05, 4.69) is 15.8 Å². The first-order valence-electron chi connectivity index (χ1n) is 8.97.